The number of piperidine rings is 1. The van der Waals surface area contributed by atoms with Gasteiger partial charge >= 0.3 is 0 Å². The van der Waals surface area contributed by atoms with Crippen LogP contribution in [-0.4, -0.2) is 19.0 Å². The second kappa shape index (κ2) is 4.38. The molecule has 5 heteroatoms. The van der Waals surface area contributed by atoms with Crippen molar-refractivity contribution < 1.29 is 8.78 Å². The monoisotopic (exact) mass is 265 g/mol. The second-order valence-electron chi connectivity index (χ2n) is 3.98. The van der Waals surface area contributed by atoms with Gasteiger partial charge in [0.25, 0.3) is 5.92 Å². The van der Waals surface area contributed by atoms with Gasteiger partial charge in [-0.1, -0.05) is 23.2 Å². The number of nitrogens with zero attached hydrogens (tertiary/aromatic N) is 1. The third-order valence-corrected chi connectivity index (χ3v) is 3.40. The molecule has 88 valence electrons. The van der Waals surface area contributed by atoms with Crippen molar-refractivity contribution in [3.63, 3.8) is 0 Å². The largest absolute Gasteiger partial charge is 0.365 e. The fourth-order valence-corrected chi connectivity index (χ4v) is 2.16. The highest BCUT2D eigenvalue weighted by atomic mass is 35.5. The molecule has 0 aromatic heterocycles. The summed E-state index contributed by atoms with van der Waals surface area (Å²) in [4.78, 5) is 1.64. The molecule has 0 N–H and O–H groups in total. The molecule has 0 unspecified atom stereocenters. The fraction of sp³-hybridized carbons (Fsp3) is 0.455. The number of halogens is 4. The highest BCUT2D eigenvalue weighted by molar-refractivity contribution is 6.42. The summed E-state index contributed by atoms with van der Waals surface area (Å²) in [6, 6.07) is 4.98. The lowest BCUT2D eigenvalue weighted by Crippen LogP contribution is -2.42. The zero-order valence-corrected chi connectivity index (χ0v) is 10.0. The SMILES string of the molecule is FC1(F)CCCN(c2ccc(Cl)c(Cl)c2)C1. The minimum absolute atomic E-state index is 0.0369. The van der Waals surface area contributed by atoms with Gasteiger partial charge in [-0.15, -0.1) is 0 Å². The molecule has 1 aromatic carbocycles. The molecule has 1 saturated heterocycles. The van der Waals surface area contributed by atoms with Crippen molar-refractivity contribution >= 4 is 28.9 Å². The predicted octanol–water partition coefficient (Wildman–Crippen LogP) is 4.23. The Balaban J connectivity index is 2.20. The van der Waals surface area contributed by atoms with E-state index >= 15 is 0 Å². The summed E-state index contributed by atoms with van der Waals surface area (Å²) < 4.78 is 26.4. The average Bonchev–Trinajstić information content (AvgIpc) is 2.20. The van der Waals surface area contributed by atoms with Crippen LogP contribution in [0, 0.1) is 0 Å². The molecule has 1 nitrogen and oxygen atoms in total. The second-order valence-corrected chi connectivity index (χ2v) is 4.79. The lowest BCUT2D eigenvalue weighted by molar-refractivity contribution is -0.0116. The van der Waals surface area contributed by atoms with Gasteiger partial charge in [0, 0.05) is 18.7 Å². The molecule has 0 aliphatic carbocycles. The van der Waals surface area contributed by atoms with Gasteiger partial charge in [0.15, 0.2) is 0 Å². The first-order valence-corrected chi connectivity index (χ1v) is 5.81. The summed E-state index contributed by atoms with van der Waals surface area (Å²) in [6.07, 6.45) is 0.456. The van der Waals surface area contributed by atoms with E-state index in [1.165, 1.54) is 0 Å². The fourth-order valence-electron chi connectivity index (χ4n) is 1.87. The van der Waals surface area contributed by atoms with Crippen LogP contribution < -0.4 is 4.90 Å². The summed E-state index contributed by atoms with van der Waals surface area (Å²) in [5.74, 6) is -2.61. The summed E-state index contributed by atoms with van der Waals surface area (Å²) >= 11 is 11.6. The predicted molar refractivity (Wildman–Crippen MR) is 62.9 cm³/mol. The zero-order valence-electron chi connectivity index (χ0n) is 8.52. The van der Waals surface area contributed by atoms with Crippen molar-refractivity contribution in [2.75, 3.05) is 18.0 Å². The van der Waals surface area contributed by atoms with Crippen LogP contribution in [0.25, 0.3) is 0 Å². The summed E-state index contributed by atoms with van der Waals surface area (Å²) in [5.41, 5.74) is 0.703. The first-order chi connectivity index (χ1) is 7.48. The standard InChI is InChI=1S/C11H11Cl2F2N/c12-9-3-2-8(6-10(9)13)16-5-1-4-11(14,15)7-16/h2-3,6H,1,4-5,7H2. The normalized spacial score (nSPS) is 19.9. The molecule has 0 spiro atoms. The number of hydrogen-bond donors (Lipinski definition) is 0. The van der Waals surface area contributed by atoms with Crippen molar-refractivity contribution in [2.45, 2.75) is 18.8 Å². The van der Waals surface area contributed by atoms with Crippen LogP contribution in [0.4, 0.5) is 14.5 Å². The molecule has 0 atom stereocenters. The average molecular weight is 266 g/mol. The maximum absolute atomic E-state index is 13.2. The van der Waals surface area contributed by atoms with Gasteiger partial charge in [-0.2, -0.15) is 0 Å². The van der Waals surface area contributed by atoms with E-state index in [2.05, 4.69) is 0 Å². The van der Waals surface area contributed by atoms with E-state index < -0.39 is 5.92 Å². The third kappa shape index (κ3) is 2.58. The number of hydrogen-bond acceptors (Lipinski definition) is 1. The van der Waals surface area contributed by atoms with E-state index in [1.54, 1.807) is 23.1 Å². The molecule has 0 saturated carbocycles. The molecule has 2 rings (SSSR count). The van der Waals surface area contributed by atoms with Crippen LogP contribution in [0.2, 0.25) is 10.0 Å². The summed E-state index contributed by atoms with van der Waals surface area (Å²) in [6.45, 7) is 0.387. The van der Waals surface area contributed by atoms with Crippen molar-refractivity contribution in [2.24, 2.45) is 0 Å². The Morgan fingerprint density at radius 2 is 1.94 bits per heavy atom. The highest BCUT2D eigenvalue weighted by Crippen LogP contribution is 2.32. The lowest BCUT2D eigenvalue weighted by atomic mass is 10.1. The molecule has 1 aromatic rings. The number of anilines is 1. The van der Waals surface area contributed by atoms with E-state index in [-0.39, 0.29) is 13.0 Å². The molecule has 1 heterocycles. The third-order valence-electron chi connectivity index (χ3n) is 2.66. The smallest absolute Gasteiger partial charge is 0.265 e. The van der Waals surface area contributed by atoms with E-state index in [0.717, 1.165) is 0 Å². The number of rotatable bonds is 1. The zero-order chi connectivity index (χ0) is 11.8. The van der Waals surface area contributed by atoms with Gasteiger partial charge in [-0.3, -0.25) is 0 Å². The Labute approximate surface area is 103 Å². The van der Waals surface area contributed by atoms with E-state index in [4.69, 9.17) is 23.2 Å². The maximum Gasteiger partial charge on any atom is 0.265 e. The Morgan fingerprint density at radius 1 is 1.19 bits per heavy atom. The van der Waals surface area contributed by atoms with Gasteiger partial charge < -0.3 is 4.90 Å². The highest BCUT2D eigenvalue weighted by Gasteiger charge is 2.35. The molecule has 0 amide bonds. The summed E-state index contributed by atoms with van der Waals surface area (Å²) in [5, 5.41) is 0.835. The van der Waals surface area contributed by atoms with Crippen molar-refractivity contribution in [1.29, 1.82) is 0 Å². The molecule has 1 aliphatic rings. The molecule has 0 bridgehead atoms. The van der Waals surface area contributed by atoms with E-state index in [0.29, 0.717) is 28.7 Å². The molecule has 1 aliphatic heterocycles. The van der Waals surface area contributed by atoms with Crippen molar-refractivity contribution in [3.05, 3.63) is 28.2 Å². The van der Waals surface area contributed by atoms with Crippen LogP contribution in [0.1, 0.15) is 12.8 Å². The molecule has 0 radical (unpaired) electrons. The van der Waals surface area contributed by atoms with Crippen LogP contribution in [0.3, 0.4) is 0 Å². The van der Waals surface area contributed by atoms with Gasteiger partial charge in [0.2, 0.25) is 0 Å². The Bertz CT molecular complexity index is 396. The lowest BCUT2D eigenvalue weighted by Gasteiger charge is -2.34. The van der Waals surface area contributed by atoms with E-state index in [9.17, 15) is 8.78 Å². The summed E-state index contributed by atoms with van der Waals surface area (Å²) in [7, 11) is 0. The van der Waals surface area contributed by atoms with Crippen LogP contribution in [0.15, 0.2) is 18.2 Å². The van der Waals surface area contributed by atoms with Gasteiger partial charge in [0.05, 0.1) is 16.6 Å². The molecule has 16 heavy (non-hydrogen) atoms. The molecular weight excluding hydrogens is 255 g/mol. The first kappa shape index (κ1) is 11.9. The Morgan fingerprint density at radius 3 is 2.56 bits per heavy atom. The van der Waals surface area contributed by atoms with Crippen molar-refractivity contribution in [1.82, 2.24) is 0 Å². The number of alkyl halides is 2. The van der Waals surface area contributed by atoms with E-state index in [1.807, 2.05) is 0 Å². The Kier molecular flexibility index (Phi) is 3.27. The number of benzene rings is 1. The molecular formula is C11H11Cl2F2N. The van der Waals surface area contributed by atoms with Crippen LogP contribution in [0.5, 0.6) is 0 Å². The van der Waals surface area contributed by atoms with Gasteiger partial charge in [-0.05, 0) is 24.6 Å². The quantitative estimate of drug-likeness (QED) is 0.735. The van der Waals surface area contributed by atoms with Crippen LogP contribution >= 0.6 is 23.2 Å². The maximum atomic E-state index is 13.2. The Hall–Kier alpha value is -0.540. The first-order valence-electron chi connectivity index (χ1n) is 5.06. The van der Waals surface area contributed by atoms with Gasteiger partial charge in [-0.25, -0.2) is 8.78 Å². The minimum atomic E-state index is -2.61. The topological polar surface area (TPSA) is 3.24 Å². The minimum Gasteiger partial charge on any atom is -0.365 e. The van der Waals surface area contributed by atoms with Gasteiger partial charge in [0.1, 0.15) is 0 Å². The molecule has 1 fully saturated rings. The van der Waals surface area contributed by atoms with Crippen molar-refractivity contribution in [3.8, 4) is 0 Å². The van der Waals surface area contributed by atoms with Crippen LogP contribution in [-0.2, 0) is 0 Å².